The zero-order valence-corrected chi connectivity index (χ0v) is 9.29. The van der Waals surface area contributed by atoms with E-state index in [0.717, 1.165) is 18.8 Å². The van der Waals surface area contributed by atoms with Gasteiger partial charge in [0.05, 0.1) is 5.69 Å². The Morgan fingerprint density at radius 1 is 1.67 bits per heavy atom. The van der Waals surface area contributed by atoms with Gasteiger partial charge in [-0.25, -0.2) is 0 Å². The highest BCUT2D eigenvalue weighted by Crippen LogP contribution is 2.22. The number of carbonyl (C=O) groups excluding carboxylic acids is 1. The van der Waals surface area contributed by atoms with Gasteiger partial charge in [0.15, 0.2) is 5.78 Å². The molecule has 1 saturated heterocycles. The van der Waals surface area contributed by atoms with Crippen LogP contribution in [0.25, 0.3) is 0 Å². The molecule has 0 amide bonds. The summed E-state index contributed by atoms with van der Waals surface area (Å²) in [4.78, 5) is 11.3. The van der Waals surface area contributed by atoms with E-state index in [1.807, 2.05) is 13.1 Å². The number of aromatic nitrogens is 2. The standard InChI is InChI=1S/C11H17N3O/c1-8(15)11-6-10(13-14(11)2)9-4-3-5-12-7-9/h6,9,12H,3-5,7H2,1-2H3. The molecule has 2 heterocycles. The van der Waals surface area contributed by atoms with E-state index in [9.17, 15) is 4.79 Å². The van der Waals surface area contributed by atoms with Crippen LogP contribution >= 0.6 is 0 Å². The number of nitrogens with zero attached hydrogens (tertiary/aromatic N) is 2. The topological polar surface area (TPSA) is 46.9 Å². The van der Waals surface area contributed by atoms with Crippen LogP contribution in [0.3, 0.4) is 0 Å². The van der Waals surface area contributed by atoms with Crippen molar-refractivity contribution in [2.75, 3.05) is 13.1 Å². The van der Waals surface area contributed by atoms with Gasteiger partial charge in [-0.2, -0.15) is 5.10 Å². The molecule has 0 aliphatic carbocycles. The van der Waals surface area contributed by atoms with Crippen molar-refractivity contribution in [1.29, 1.82) is 0 Å². The minimum atomic E-state index is 0.0834. The van der Waals surface area contributed by atoms with Crippen molar-refractivity contribution in [3.05, 3.63) is 17.5 Å². The highest BCUT2D eigenvalue weighted by atomic mass is 16.1. The van der Waals surface area contributed by atoms with Gasteiger partial charge in [-0.1, -0.05) is 0 Å². The van der Waals surface area contributed by atoms with Crippen LogP contribution in [0, 0.1) is 0 Å². The monoisotopic (exact) mass is 207 g/mol. The molecule has 4 nitrogen and oxygen atoms in total. The molecule has 1 fully saturated rings. The number of rotatable bonds is 2. The number of ketones is 1. The van der Waals surface area contributed by atoms with E-state index in [1.54, 1.807) is 11.6 Å². The van der Waals surface area contributed by atoms with E-state index in [4.69, 9.17) is 0 Å². The van der Waals surface area contributed by atoms with E-state index in [1.165, 1.54) is 12.8 Å². The van der Waals surface area contributed by atoms with Crippen LogP contribution in [0.2, 0.25) is 0 Å². The van der Waals surface area contributed by atoms with Crippen LogP contribution in [0.4, 0.5) is 0 Å². The number of hydrogen-bond acceptors (Lipinski definition) is 3. The largest absolute Gasteiger partial charge is 0.316 e. The molecular weight excluding hydrogens is 190 g/mol. The number of nitrogens with one attached hydrogen (secondary N) is 1. The van der Waals surface area contributed by atoms with Crippen molar-refractivity contribution in [2.24, 2.45) is 7.05 Å². The van der Waals surface area contributed by atoms with E-state index in [2.05, 4.69) is 10.4 Å². The Balaban J connectivity index is 2.21. The van der Waals surface area contributed by atoms with Crippen LogP contribution in [0.5, 0.6) is 0 Å². The lowest BCUT2D eigenvalue weighted by atomic mass is 9.96. The highest BCUT2D eigenvalue weighted by molar-refractivity contribution is 5.92. The zero-order chi connectivity index (χ0) is 10.8. The fourth-order valence-corrected chi connectivity index (χ4v) is 2.12. The van der Waals surface area contributed by atoms with Crippen LogP contribution in [-0.2, 0) is 7.05 Å². The first-order valence-electron chi connectivity index (χ1n) is 5.44. The summed E-state index contributed by atoms with van der Waals surface area (Å²) in [5.74, 6) is 0.554. The first-order chi connectivity index (χ1) is 7.18. The molecule has 15 heavy (non-hydrogen) atoms. The lowest BCUT2D eigenvalue weighted by Gasteiger charge is -2.20. The lowest BCUT2D eigenvalue weighted by Crippen LogP contribution is -2.28. The van der Waals surface area contributed by atoms with Gasteiger partial charge < -0.3 is 5.32 Å². The number of hydrogen-bond donors (Lipinski definition) is 1. The van der Waals surface area contributed by atoms with Gasteiger partial charge >= 0.3 is 0 Å². The average Bonchev–Trinajstić information content (AvgIpc) is 2.62. The van der Waals surface area contributed by atoms with Crippen LogP contribution < -0.4 is 5.32 Å². The fourth-order valence-electron chi connectivity index (χ4n) is 2.12. The summed E-state index contributed by atoms with van der Waals surface area (Å²) in [6.45, 7) is 3.66. The second kappa shape index (κ2) is 4.14. The SMILES string of the molecule is CC(=O)c1cc(C2CCCNC2)nn1C. The maximum atomic E-state index is 11.3. The summed E-state index contributed by atoms with van der Waals surface area (Å²) in [7, 11) is 1.83. The van der Waals surface area contributed by atoms with Crippen molar-refractivity contribution in [1.82, 2.24) is 15.1 Å². The van der Waals surface area contributed by atoms with E-state index >= 15 is 0 Å². The lowest BCUT2D eigenvalue weighted by molar-refractivity contribution is 0.100. The Bertz CT molecular complexity index is 364. The third kappa shape index (κ3) is 2.09. The van der Waals surface area contributed by atoms with Gasteiger partial charge in [0.1, 0.15) is 5.69 Å². The van der Waals surface area contributed by atoms with Gasteiger partial charge in [-0.3, -0.25) is 9.48 Å². The summed E-state index contributed by atoms with van der Waals surface area (Å²) in [6.07, 6.45) is 2.36. The van der Waals surface area contributed by atoms with Crippen molar-refractivity contribution < 1.29 is 4.79 Å². The van der Waals surface area contributed by atoms with E-state index in [-0.39, 0.29) is 5.78 Å². The Labute approximate surface area is 89.7 Å². The van der Waals surface area contributed by atoms with Gasteiger partial charge in [0.25, 0.3) is 0 Å². The summed E-state index contributed by atoms with van der Waals surface area (Å²) in [5.41, 5.74) is 1.76. The first kappa shape index (κ1) is 10.4. The quantitative estimate of drug-likeness (QED) is 0.738. The molecule has 2 rings (SSSR count). The van der Waals surface area contributed by atoms with E-state index < -0.39 is 0 Å². The number of aryl methyl sites for hydroxylation is 1. The molecule has 0 radical (unpaired) electrons. The first-order valence-corrected chi connectivity index (χ1v) is 5.44. The smallest absolute Gasteiger partial charge is 0.177 e. The van der Waals surface area contributed by atoms with Crippen molar-refractivity contribution >= 4 is 5.78 Å². The minimum Gasteiger partial charge on any atom is -0.316 e. The molecule has 0 spiro atoms. The molecule has 1 unspecified atom stereocenters. The number of carbonyl (C=O) groups is 1. The fraction of sp³-hybridized carbons (Fsp3) is 0.636. The van der Waals surface area contributed by atoms with Crippen LogP contribution in [0.15, 0.2) is 6.07 Å². The van der Waals surface area contributed by atoms with Crippen molar-refractivity contribution in [3.8, 4) is 0 Å². The highest BCUT2D eigenvalue weighted by Gasteiger charge is 2.19. The normalized spacial score (nSPS) is 21.6. The molecule has 1 N–H and O–H groups in total. The maximum absolute atomic E-state index is 11.3. The molecule has 4 heteroatoms. The average molecular weight is 207 g/mol. The predicted molar refractivity (Wildman–Crippen MR) is 58.1 cm³/mol. The third-order valence-electron chi connectivity index (χ3n) is 2.97. The van der Waals surface area contributed by atoms with Gasteiger partial charge in [0, 0.05) is 26.4 Å². The molecule has 82 valence electrons. The summed E-state index contributed by atoms with van der Waals surface area (Å²) >= 11 is 0. The summed E-state index contributed by atoms with van der Waals surface area (Å²) < 4.78 is 1.69. The maximum Gasteiger partial charge on any atom is 0.177 e. The number of piperidine rings is 1. The zero-order valence-electron chi connectivity index (χ0n) is 9.29. The van der Waals surface area contributed by atoms with Crippen molar-refractivity contribution in [3.63, 3.8) is 0 Å². The van der Waals surface area contributed by atoms with Gasteiger partial charge in [-0.05, 0) is 25.5 Å². The minimum absolute atomic E-state index is 0.0834. The van der Waals surface area contributed by atoms with Crippen LogP contribution in [0.1, 0.15) is 41.9 Å². The molecular formula is C11H17N3O. The molecule has 0 bridgehead atoms. The van der Waals surface area contributed by atoms with E-state index in [0.29, 0.717) is 11.6 Å². The third-order valence-corrected chi connectivity index (χ3v) is 2.97. The van der Waals surface area contributed by atoms with Crippen LogP contribution in [-0.4, -0.2) is 28.7 Å². The molecule has 1 aromatic rings. The molecule has 1 aliphatic rings. The summed E-state index contributed by atoms with van der Waals surface area (Å²) in [5, 5.41) is 7.77. The second-order valence-corrected chi connectivity index (χ2v) is 4.18. The molecule has 1 aromatic heterocycles. The summed E-state index contributed by atoms with van der Waals surface area (Å²) in [6, 6.07) is 1.93. The molecule has 0 saturated carbocycles. The van der Waals surface area contributed by atoms with Gasteiger partial charge in [-0.15, -0.1) is 0 Å². The Hall–Kier alpha value is -1.16. The van der Waals surface area contributed by atoms with Crippen molar-refractivity contribution in [2.45, 2.75) is 25.7 Å². The Morgan fingerprint density at radius 3 is 3.00 bits per heavy atom. The molecule has 0 aromatic carbocycles. The molecule has 1 atom stereocenters. The Kier molecular flexibility index (Phi) is 2.86. The molecule has 1 aliphatic heterocycles. The Morgan fingerprint density at radius 2 is 2.47 bits per heavy atom. The second-order valence-electron chi connectivity index (χ2n) is 4.18. The predicted octanol–water partition coefficient (Wildman–Crippen LogP) is 1.09. The number of Topliss-reactive ketones (excluding diaryl/α,β-unsaturated/α-hetero) is 1. The van der Waals surface area contributed by atoms with Gasteiger partial charge in [0.2, 0.25) is 0 Å².